The second-order valence-electron chi connectivity index (χ2n) is 4.66. The molecule has 17 heavy (non-hydrogen) atoms. The highest BCUT2D eigenvalue weighted by molar-refractivity contribution is 9.10. The fraction of sp³-hybridized carbons (Fsp3) is 0.667. The van der Waals surface area contributed by atoms with Crippen molar-refractivity contribution >= 4 is 21.7 Å². The number of aryl methyl sites for hydroxylation is 2. The summed E-state index contributed by atoms with van der Waals surface area (Å²) in [5.41, 5.74) is 1.93. The second-order valence-corrected chi connectivity index (χ2v) is 5.45. The van der Waals surface area contributed by atoms with E-state index in [1.165, 1.54) is 0 Å². The minimum Gasteiger partial charge on any atom is -0.316 e. The Morgan fingerprint density at radius 3 is 2.94 bits per heavy atom. The molecule has 1 saturated heterocycles. The molecule has 94 valence electrons. The van der Waals surface area contributed by atoms with E-state index in [0.717, 1.165) is 41.8 Å². The van der Waals surface area contributed by atoms with Crippen molar-refractivity contribution in [2.45, 2.75) is 26.2 Å². The summed E-state index contributed by atoms with van der Waals surface area (Å²) in [6, 6.07) is 0. The van der Waals surface area contributed by atoms with E-state index in [4.69, 9.17) is 0 Å². The summed E-state index contributed by atoms with van der Waals surface area (Å²) in [6.45, 7) is 3.81. The van der Waals surface area contributed by atoms with Gasteiger partial charge in [-0.05, 0) is 42.2 Å². The fourth-order valence-electron chi connectivity index (χ4n) is 2.31. The summed E-state index contributed by atoms with van der Waals surface area (Å²) in [5.74, 6) is 0.492. The first-order chi connectivity index (χ1) is 8.09. The number of aromatic nitrogens is 2. The summed E-state index contributed by atoms with van der Waals surface area (Å²) in [6.07, 6.45) is 2.59. The van der Waals surface area contributed by atoms with Crippen LogP contribution in [0.15, 0.2) is 4.47 Å². The van der Waals surface area contributed by atoms with Crippen LogP contribution in [0.2, 0.25) is 0 Å². The zero-order chi connectivity index (χ0) is 12.4. The van der Waals surface area contributed by atoms with Crippen molar-refractivity contribution < 1.29 is 4.79 Å². The van der Waals surface area contributed by atoms with Crippen LogP contribution in [0.4, 0.5) is 0 Å². The number of hydrogen-bond donors (Lipinski definition) is 1. The summed E-state index contributed by atoms with van der Waals surface area (Å²) < 4.78 is 2.77. The van der Waals surface area contributed by atoms with Crippen LogP contribution in [0.3, 0.4) is 0 Å². The molecular weight excluding hydrogens is 282 g/mol. The van der Waals surface area contributed by atoms with Crippen LogP contribution < -0.4 is 5.32 Å². The average Bonchev–Trinajstić information content (AvgIpc) is 2.57. The van der Waals surface area contributed by atoms with E-state index in [1.807, 2.05) is 14.0 Å². The average molecular weight is 300 g/mol. The van der Waals surface area contributed by atoms with Crippen LogP contribution in [0, 0.1) is 12.8 Å². The zero-order valence-corrected chi connectivity index (χ0v) is 11.9. The van der Waals surface area contributed by atoms with E-state index in [1.54, 1.807) is 4.68 Å². The smallest absolute Gasteiger partial charge is 0.143 e. The quantitative estimate of drug-likeness (QED) is 0.922. The molecule has 1 aromatic rings. The molecule has 1 aliphatic rings. The van der Waals surface area contributed by atoms with Gasteiger partial charge in [0.15, 0.2) is 0 Å². The van der Waals surface area contributed by atoms with Gasteiger partial charge in [0.25, 0.3) is 0 Å². The predicted molar refractivity (Wildman–Crippen MR) is 69.9 cm³/mol. The summed E-state index contributed by atoms with van der Waals surface area (Å²) in [7, 11) is 1.89. The van der Waals surface area contributed by atoms with Gasteiger partial charge in [0.1, 0.15) is 5.78 Å². The van der Waals surface area contributed by atoms with Crippen LogP contribution in [0.5, 0.6) is 0 Å². The molecule has 1 atom stereocenters. The van der Waals surface area contributed by atoms with E-state index in [2.05, 4.69) is 26.3 Å². The maximum absolute atomic E-state index is 12.2. The highest BCUT2D eigenvalue weighted by Gasteiger charge is 2.23. The molecule has 0 bridgehead atoms. The Bertz CT molecular complexity index is 422. The van der Waals surface area contributed by atoms with Gasteiger partial charge in [0.2, 0.25) is 0 Å². The van der Waals surface area contributed by atoms with Crippen molar-refractivity contribution in [1.29, 1.82) is 0 Å². The highest BCUT2D eigenvalue weighted by Crippen LogP contribution is 2.22. The Kier molecular flexibility index (Phi) is 3.99. The Morgan fingerprint density at radius 1 is 1.65 bits per heavy atom. The number of rotatable bonds is 3. The van der Waals surface area contributed by atoms with Crippen LogP contribution in [-0.2, 0) is 18.3 Å². The van der Waals surface area contributed by atoms with Gasteiger partial charge in [-0.2, -0.15) is 5.10 Å². The lowest BCUT2D eigenvalue weighted by molar-refractivity contribution is -0.122. The number of piperidine rings is 1. The van der Waals surface area contributed by atoms with Gasteiger partial charge in [0.05, 0.1) is 15.9 Å². The predicted octanol–water partition coefficient (Wildman–Crippen LogP) is 1.60. The van der Waals surface area contributed by atoms with Gasteiger partial charge in [-0.1, -0.05) is 0 Å². The first-order valence-electron chi connectivity index (χ1n) is 6.01. The van der Waals surface area contributed by atoms with Crippen LogP contribution in [0.1, 0.15) is 24.2 Å². The fourth-order valence-corrected chi connectivity index (χ4v) is 2.78. The molecule has 2 heterocycles. The molecular formula is C12H18BrN3O. The number of hydrogen-bond acceptors (Lipinski definition) is 3. The number of nitrogens with one attached hydrogen (secondary N) is 1. The summed E-state index contributed by atoms with van der Waals surface area (Å²) in [4.78, 5) is 12.2. The van der Waals surface area contributed by atoms with Gasteiger partial charge in [-0.25, -0.2) is 0 Å². The van der Waals surface area contributed by atoms with Crippen LogP contribution in [-0.4, -0.2) is 28.7 Å². The summed E-state index contributed by atoms with van der Waals surface area (Å²) in [5, 5.41) is 7.59. The molecule has 0 aromatic carbocycles. The maximum atomic E-state index is 12.2. The van der Waals surface area contributed by atoms with E-state index in [0.29, 0.717) is 12.2 Å². The topological polar surface area (TPSA) is 46.9 Å². The Hall–Kier alpha value is -0.680. The second kappa shape index (κ2) is 5.31. The number of ketones is 1. The number of Topliss-reactive ketones (excluding diaryl/α,β-unsaturated/α-hetero) is 1. The van der Waals surface area contributed by atoms with Crippen molar-refractivity contribution in [2.24, 2.45) is 13.0 Å². The standard InChI is InChI=1S/C12H18BrN3O/c1-8-12(13)10(16(2)15-8)6-11(17)9-4-3-5-14-7-9/h9,14H,3-7H2,1-2H3. The van der Waals surface area contributed by atoms with Gasteiger partial charge >= 0.3 is 0 Å². The molecule has 1 unspecified atom stereocenters. The van der Waals surface area contributed by atoms with E-state index in [9.17, 15) is 4.79 Å². The molecule has 0 saturated carbocycles. The molecule has 0 radical (unpaired) electrons. The minimum absolute atomic E-state index is 0.172. The molecule has 0 amide bonds. The molecule has 1 aromatic heterocycles. The zero-order valence-electron chi connectivity index (χ0n) is 10.3. The van der Waals surface area contributed by atoms with Gasteiger partial charge in [-0.15, -0.1) is 0 Å². The molecule has 1 fully saturated rings. The normalized spacial score (nSPS) is 20.5. The third-order valence-corrected chi connectivity index (χ3v) is 4.39. The van der Waals surface area contributed by atoms with Gasteiger partial charge in [-0.3, -0.25) is 9.48 Å². The van der Waals surface area contributed by atoms with Gasteiger partial charge in [0, 0.05) is 25.9 Å². The summed E-state index contributed by atoms with van der Waals surface area (Å²) >= 11 is 3.50. The lowest BCUT2D eigenvalue weighted by Crippen LogP contribution is -2.35. The molecule has 5 heteroatoms. The number of carbonyl (C=O) groups is 1. The molecule has 1 aliphatic heterocycles. The maximum Gasteiger partial charge on any atom is 0.143 e. The molecule has 0 spiro atoms. The van der Waals surface area contributed by atoms with Crippen LogP contribution in [0.25, 0.3) is 0 Å². The van der Waals surface area contributed by atoms with Crippen molar-refractivity contribution in [2.75, 3.05) is 13.1 Å². The van der Waals surface area contributed by atoms with Crippen molar-refractivity contribution in [1.82, 2.24) is 15.1 Å². The first-order valence-corrected chi connectivity index (χ1v) is 6.80. The lowest BCUT2D eigenvalue weighted by atomic mass is 9.92. The Morgan fingerprint density at radius 2 is 2.41 bits per heavy atom. The molecule has 1 N–H and O–H groups in total. The van der Waals surface area contributed by atoms with E-state index >= 15 is 0 Å². The van der Waals surface area contributed by atoms with Gasteiger partial charge < -0.3 is 5.32 Å². The van der Waals surface area contributed by atoms with Crippen LogP contribution >= 0.6 is 15.9 Å². The molecule has 0 aliphatic carbocycles. The third-order valence-electron chi connectivity index (χ3n) is 3.36. The number of halogens is 1. The minimum atomic E-state index is 0.172. The first kappa shape index (κ1) is 12.8. The van der Waals surface area contributed by atoms with Crippen molar-refractivity contribution in [3.05, 3.63) is 15.9 Å². The monoisotopic (exact) mass is 299 g/mol. The van der Waals surface area contributed by atoms with E-state index in [-0.39, 0.29) is 5.92 Å². The molecule has 4 nitrogen and oxygen atoms in total. The molecule has 2 rings (SSSR count). The number of carbonyl (C=O) groups excluding carboxylic acids is 1. The largest absolute Gasteiger partial charge is 0.316 e. The third kappa shape index (κ3) is 2.77. The van der Waals surface area contributed by atoms with Crippen molar-refractivity contribution in [3.8, 4) is 0 Å². The van der Waals surface area contributed by atoms with E-state index < -0.39 is 0 Å². The lowest BCUT2D eigenvalue weighted by Gasteiger charge is -2.21. The highest BCUT2D eigenvalue weighted by atomic mass is 79.9. The van der Waals surface area contributed by atoms with Crippen molar-refractivity contribution in [3.63, 3.8) is 0 Å². The Balaban J connectivity index is 2.07. The number of nitrogens with zero attached hydrogens (tertiary/aromatic N) is 2. The Labute approximate surface area is 110 Å². The SMILES string of the molecule is Cc1nn(C)c(CC(=O)C2CCCNC2)c1Br.